The van der Waals surface area contributed by atoms with Gasteiger partial charge in [0.15, 0.2) is 0 Å². The second-order valence-electron chi connectivity index (χ2n) is 19.1. The normalized spacial score (nSPS) is 17.1. The summed E-state index contributed by atoms with van der Waals surface area (Å²) < 4.78 is 2.77. The fourth-order valence-electron chi connectivity index (χ4n) is 13.0. The van der Waals surface area contributed by atoms with Gasteiger partial charge in [-0.2, -0.15) is 0 Å². The van der Waals surface area contributed by atoms with Crippen molar-refractivity contribution in [3.63, 3.8) is 0 Å². The zero-order valence-corrected chi connectivity index (χ0v) is 37.8. The van der Waals surface area contributed by atoms with Crippen molar-refractivity contribution in [2.75, 3.05) is 4.90 Å². The Morgan fingerprint density at radius 2 is 1.21 bits per heavy atom. The highest BCUT2D eigenvalue weighted by molar-refractivity contribution is 7.27. The van der Waals surface area contributed by atoms with Crippen molar-refractivity contribution in [3.8, 4) is 32.0 Å². The molecule has 290 valence electrons. The fraction of sp³-hybridized carbons (Fsp3) is 0.143. The van der Waals surface area contributed by atoms with Crippen molar-refractivity contribution in [3.05, 3.63) is 183 Å². The molecule has 0 unspecified atom stereocenters. The van der Waals surface area contributed by atoms with Crippen LogP contribution in [-0.4, -0.2) is 8.07 Å². The number of thiophene rings is 3. The monoisotopic (exact) mass is 849 g/mol. The molecule has 1 nitrogen and oxygen atoms in total. The molecule has 7 aromatic carbocycles. The van der Waals surface area contributed by atoms with Crippen molar-refractivity contribution in [1.82, 2.24) is 0 Å². The third kappa shape index (κ3) is 3.80. The fourth-order valence-corrected chi connectivity index (χ4v) is 19.6. The molecule has 10 aromatic rings. The number of para-hydroxylation sites is 1. The molecule has 0 fully saturated rings. The van der Waals surface area contributed by atoms with E-state index in [4.69, 9.17) is 0 Å². The number of nitrogens with zero attached hydrogens (tertiary/aromatic N) is 1. The van der Waals surface area contributed by atoms with Crippen LogP contribution in [0, 0.1) is 0 Å². The number of anilines is 3. The van der Waals surface area contributed by atoms with E-state index in [2.05, 4.69) is 170 Å². The molecule has 0 saturated carbocycles. The summed E-state index contributed by atoms with van der Waals surface area (Å²) in [4.78, 5) is 5.55. The van der Waals surface area contributed by atoms with E-state index in [1.807, 2.05) is 34.0 Å². The van der Waals surface area contributed by atoms with Crippen molar-refractivity contribution < 1.29 is 0 Å². The summed E-state index contributed by atoms with van der Waals surface area (Å²) in [5.74, 6) is 0. The topological polar surface area (TPSA) is 3.24 Å². The van der Waals surface area contributed by atoms with Gasteiger partial charge in [0, 0.05) is 36.2 Å². The molecule has 0 atom stereocenters. The van der Waals surface area contributed by atoms with Crippen LogP contribution in [0.4, 0.5) is 17.1 Å². The molecule has 0 saturated heterocycles. The van der Waals surface area contributed by atoms with Crippen LogP contribution in [0.5, 0.6) is 0 Å². The molecule has 3 aliphatic carbocycles. The summed E-state index contributed by atoms with van der Waals surface area (Å²) in [5.41, 5.74) is 20.8. The maximum atomic E-state index is 2.65. The van der Waals surface area contributed by atoms with Gasteiger partial charge >= 0.3 is 0 Å². The van der Waals surface area contributed by atoms with Crippen LogP contribution < -0.4 is 15.3 Å². The average molecular weight is 850 g/mol. The van der Waals surface area contributed by atoms with E-state index < -0.39 is 8.07 Å². The molecule has 0 N–H and O–H groups in total. The summed E-state index contributed by atoms with van der Waals surface area (Å²) in [7, 11) is -1.94. The van der Waals surface area contributed by atoms with Gasteiger partial charge in [-0.15, -0.1) is 34.0 Å². The molecular weight excluding hydrogens is 811 g/mol. The van der Waals surface area contributed by atoms with Gasteiger partial charge in [-0.1, -0.05) is 118 Å². The Morgan fingerprint density at radius 1 is 0.508 bits per heavy atom. The lowest BCUT2D eigenvalue weighted by Gasteiger charge is -2.43. The summed E-state index contributed by atoms with van der Waals surface area (Å²) in [6, 6.07) is 50.6. The van der Waals surface area contributed by atoms with Crippen LogP contribution in [0.3, 0.4) is 0 Å². The molecule has 1 spiro atoms. The number of benzene rings is 7. The minimum atomic E-state index is -1.94. The molecule has 61 heavy (non-hydrogen) atoms. The number of hydrogen-bond acceptors (Lipinski definition) is 4. The maximum Gasteiger partial charge on any atom is 0.113 e. The van der Waals surface area contributed by atoms with E-state index >= 15 is 0 Å². The highest BCUT2D eigenvalue weighted by Gasteiger charge is 2.52. The van der Waals surface area contributed by atoms with Gasteiger partial charge in [0.25, 0.3) is 0 Å². The van der Waals surface area contributed by atoms with Gasteiger partial charge in [0.1, 0.15) is 8.07 Å². The third-order valence-corrected chi connectivity index (χ3v) is 22.5. The van der Waals surface area contributed by atoms with E-state index in [0.29, 0.717) is 0 Å². The van der Waals surface area contributed by atoms with Crippen LogP contribution in [0.1, 0.15) is 58.4 Å². The van der Waals surface area contributed by atoms with Crippen molar-refractivity contribution >= 4 is 100 Å². The molecule has 0 amide bonds. The minimum Gasteiger partial charge on any atom is -0.308 e. The zero-order valence-electron chi connectivity index (χ0n) is 34.4. The number of rotatable bonds is 1. The summed E-state index contributed by atoms with van der Waals surface area (Å²) in [5, 5.41) is 13.5. The molecule has 2 aliphatic heterocycles. The Balaban J connectivity index is 1.05. The molecule has 3 aromatic heterocycles. The number of fused-ring (bicyclic) bond motifs is 18. The minimum absolute atomic E-state index is 0.169. The van der Waals surface area contributed by atoms with E-state index in [1.54, 1.807) is 10.4 Å². The quantitative estimate of drug-likeness (QED) is 0.149. The maximum absolute atomic E-state index is 2.65. The lowest BCUT2D eigenvalue weighted by molar-refractivity contribution is 0.632. The Hall–Kier alpha value is -5.56. The Morgan fingerprint density at radius 3 is 2.03 bits per heavy atom. The predicted molar refractivity (Wildman–Crippen MR) is 265 cm³/mol. The van der Waals surface area contributed by atoms with E-state index in [-0.39, 0.29) is 10.8 Å². The number of aryl methyl sites for hydroxylation is 2. The first-order valence-corrected chi connectivity index (χ1v) is 27.3. The summed E-state index contributed by atoms with van der Waals surface area (Å²) in [6.07, 6.45) is 2.26. The largest absolute Gasteiger partial charge is 0.308 e. The van der Waals surface area contributed by atoms with Crippen LogP contribution in [-0.2, 0) is 23.7 Å². The number of hydrogen-bond donors (Lipinski definition) is 0. The van der Waals surface area contributed by atoms with E-state index in [9.17, 15) is 0 Å². The van der Waals surface area contributed by atoms with Crippen molar-refractivity contribution in [1.29, 1.82) is 0 Å². The van der Waals surface area contributed by atoms with E-state index in [1.165, 1.54) is 125 Å². The molecule has 0 bridgehead atoms. The zero-order chi connectivity index (χ0) is 40.3. The van der Waals surface area contributed by atoms with Crippen LogP contribution in [0.15, 0.2) is 138 Å². The Labute approximate surface area is 368 Å². The summed E-state index contributed by atoms with van der Waals surface area (Å²) in [6.45, 7) is 9.97. The second-order valence-corrected chi connectivity index (χ2v) is 26.2. The third-order valence-electron chi connectivity index (χ3n) is 15.7. The smallest absolute Gasteiger partial charge is 0.113 e. The highest BCUT2D eigenvalue weighted by Crippen LogP contribution is 2.66. The van der Waals surface area contributed by atoms with Crippen molar-refractivity contribution in [2.45, 2.75) is 50.6 Å². The van der Waals surface area contributed by atoms with Crippen LogP contribution in [0.25, 0.3) is 63.0 Å². The standard InChI is InChI=1S/C56H39NS3Si/c1-55(2)37-12-6-7-13-43(37)57(45-29-47-36(28-42(45)55)32-10-5-8-15-46(32)61(47,3)4)44-14-9-11-33-34-21-23-39-50(52(34)60-51(33)44)35-20-18-30-16-17-31-19-22-38(49(35)48(30)31)56(39)40-24-26-58-53(40)54-41(56)25-27-59-54/h5-15,18-29H,16-17H2,1-4H3. The van der Waals surface area contributed by atoms with Gasteiger partial charge in [-0.3, -0.25) is 0 Å². The van der Waals surface area contributed by atoms with E-state index in [0.717, 1.165) is 12.8 Å². The molecular formula is C56H39NS3Si. The first-order valence-electron chi connectivity index (χ1n) is 21.7. The van der Waals surface area contributed by atoms with Gasteiger partial charge in [-0.25, -0.2) is 0 Å². The lowest BCUT2D eigenvalue weighted by Crippen LogP contribution is -2.49. The van der Waals surface area contributed by atoms with Gasteiger partial charge < -0.3 is 4.90 Å². The molecule has 15 rings (SSSR count). The first kappa shape index (κ1) is 34.1. The molecule has 5 heteroatoms. The SMILES string of the molecule is CC1(C)c2ccccc2N(c2cccc3c2sc2c4c(ccc23)C2(c3ccsc3-c3sccc32)c2ccc3c5c(ccc-4c25)CC3)c2cc3c(cc21)-c1ccccc1[Si]3(C)C. The summed E-state index contributed by atoms with van der Waals surface area (Å²) >= 11 is 5.86. The highest BCUT2D eigenvalue weighted by atomic mass is 32.1. The van der Waals surface area contributed by atoms with Crippen molar-refractivity contribution in [2.24, 2.45) is 0 Å². The molecule has 5 heterocycles. The Kier molecular flexibility index (Phi) is 6.19. The van der Waals surface area contributed by atoms with Gasteiger partial charge in [0.2, 0.25) is 0 Å². The van der Waals surface area contributed by atoms with Gasteiger partial charge in [-0.05, 0) is 142 Å². The molecule has 0 radical (unpaired) electrons. The second kappa shape index (κ2) is 11.1. The van der Waals surface area contributed by atoms with Crippen LogP contribution >= 0.6 is 34.0 Å². The lowest BCUT2D eigenvalue weighted by atomic mass is 9.61. The average Bonchev–Trinajstić information content (AvgIpc) is 4.14. The Bertz CT molecular complexity index is 3630. The first-order chi connectivity index (χ1) is 29.8. The molecule has 5 aliphatic rings. The van der Waals surface area contributed by atoms with Gasteiger partial charge in [0.05, 0.1) is 27.2 Å². The van der Waals surface area contributed by atoms with Crippen LogP contribution in [0.2, 0.25) is 13.1 Å². The predicted octanol–water partition coefficient (Wildman–Crippen LogP) is 14.7.